The number of nitrogens with zero attached hydrogens (tertiary/aromatic N) is 2. The van der Waals surface area contributed by atoms with Gasteiger partial charge in [-0.1, -0.05) is 17.8 Å². The van der Waals surface area contributed by atoms with Crippen molar-refractivity contribution in [2.45, 2.75) is 11.2 Å². The van der Waals surface area contributed by atoms with E-state index in [1.54, 1.807) is 12.1 Å². The van der Waals surface area contributed by atoms with Crippen molar-refractivity contribution in [2.24, 2.45) is 0 Å². The molecule has 1 heterocycles. The highest BCUT2D eigenvalue weighted by molar-refractivity contribution is 8.00. The van der Waals surface area contributed by atoms with E-state index in [-0.39, 0.29) is 11.4 Å². The summed E-state index contributed by atoms with van der Waals surface area (Å²) >= 11 is 1.04. The van der Waals surface area contributed by atoms with Crippen LogP contribution in [0, 0.1) is 11.3 Å². The number of nitrogens with one attached hydrogen (secondary N) is 1. The van der Waals surface area contributed by atoms with E-state index >= 15 is 0 Å². The SMILES string of the molecule is N#Cc1cccnc1SCC(=O)Nc1cccc(C(F)(F)F)c1. The van der Waals surface area contributed by atoms with Gasteiger partial charge in [0.2, 0.25) is 5.91 Å². The first-order chi connectivity index (χ1) is 10.9. The van der Waals surface area contributed by atoms with Crippen LogP contribution in [0.4, 0.5) is 18.9 Å². The van der Waals surface area contributed by atoms with Gasteiger partial charge in [-0.05, 0) is 30.3 Å². The van der Waals surface area contributed by atoms with Gasteiger partial charge in [0.15, 0.2) is 0 Å². The van der Waals surface area contributed by atoms with E-state index in [4.69, 9.17) is 5.26 Å². The zero-order valence-electron chi connectivity index (χ0n) is 11.6. The van der Waals surface area contributed by atoms with Gasteiger partial charge < -0.3 is 5.32 Å². The number of rotatable bonds is 4. The fraction of sp³-hybridized carbons (Fsp3) is 0.133. The monoisotopic (exact) mass is 337 g/mol. The second kappa shape index (κ2) is 7.15. The van der Waals surface area contributed by atoms with Crippen molar-refractivity contribution in [3.05, 3.63) is 53.7 Å². The van der Waals surface area contributed by atoms with Gasteiger partial charge in [-0.2, -0.15) is 18.4 Å². The third-order valence-electron chi connectivity index (χ3n) is 2.71. The molecule has 0 atom stereocenters. The average Bonchev–Trinajstić information content (AvgIpc) is 2.52. The molecule has 1 N–H and O–H groups in total. The van der Waals surface area contributed by atoms with E-state index in [0.717, 1.165) is 23.9 Å². The molecule has 0 aliphatic heterocycles. The van der Waals surface area contributed by atoms with Crippen LogP contribution in [0.25, 0.3) is 0 Å². The van der Waals surface area contributed by atoms with Crippen molar-refractivity contribution in [3.8, 4) is 6.07 Å². The Bertz CT molecular complexity index is 756. The molecular weight excluding hydrogens is 327 g/mol. The molecule has 2 rings (SSSR count). The first-order valence-electron chi connectivity index (χ1n) is 6.35. The molecule has 1 aromatic carbocycles. The largest absolute Gasteiger partial charge is 0.416 e. The van der Waals surface area contributed by atoms with Crippen LogP contribution >= 0.6 is 11.8 Å². The van der Waals surface area contributed by atoms with E-state index < -0.39 is 17.6 Å². The number of pyridine rings is 1. The minimum atomic E-state index is -4.47. The van der Waals surface area contributed by atoms with Crippen LogP contribution in [0.15, 0.2) is 47.6 Å². The van der Waals surface area contributed by atoms with Gasteiger partial charge in [0, 0.05) is 11.9 Å². The molecule has 1 aromatic heterocycles. The molecule has 4 nitrogen and oxygen atoms in total. The molecule has 0 spiro atoms. The van der Waals surface area contributed by atoms with Crippen LogP contribution in [0.3, 0.4) is 0 Å². The lowest BCUT2D eigenvalue weighted by Crippen LogP contribution is -2.15. The fourth-order valence-electron chi connectivity index (χ4n) is 1.70. The summed E-state index contributed by atoms with van der Waals surface area (Å²) in [6, 6.07) is 9.51. The number of benzene rings is 1. The Kier molecular flexibility index (Phi) is 5.24. The van der Waals surface area contributed by atoms with Gasteiger partial charge in [-0.25, -0.2) is 4.98 Å². The molecule has 0 unspecified atom stereocenters. The highest BCUT2D eigenvalue weighted by Crippen LogP contribution is 2.30. The maximum Gasteiger partial charge on any atom is 0.416 e. The van der Waals surface area contributed by atoms with E-state index in [1.165, 1.54) is 18.3 Å². The smallest absolute Gasteiger partial charge is 0.325 e. The molecule has 0 aliphatic carbocycles. The Hall–Kier alpha value is -2.53. The van der Waals surface area contributed by atoms with Crippen molar-refractivity contribution in [3.63, 3.8) is 0 Å². The average molecular weight is 337 g/mol. The van der Waals surface area contributed by atoms with Gasteiger partial charge >= 0.3 is 6.18 Å². The molecule has 2 aromatic rings. The number of carbonyl (C=O) groups is 1. The molecule has 0 bridgehead atoms. The molecule has 118 valence electrons. The van der Waals surface area contributed by atoms with Gasteiger partial charge in [-0.15, -0.1) is 0 Å². The summed E-state index contributed by atoms with van der Waals surface area (Å²) in [4.78, 5) is 15.8. The van der Waals surface area contributed by atoms with Gasteiger partial charge in [0.25, 0.3) is 0 Å². The molecule has 0 radical (unpaired) electrons. The quantitative estimate of drug-likeness (QED) is 0.864. The van der Waals surface area contributed by atoms with Crippen molar-refractivity contribution >= 4 is 23.4 Å². The van der Waals surface area contributed by atoms with Crippen LogP contribution in [-0.4, -0.2) is 16.6 Å². The van der Waals surface area contributed by atoms with Gasteiger partial charge in [0.05, 0.1) is 16.9 Å². The number of nitriles is 1. The summed E-state index contributed by atoms with van der Waals surface area (Å²) in [6.45, 7) is 0. The van der Waals surface area contributed by atoms with Gasteiger partial charge in [-0.3, -0.25) is 4.79 Å². The minimum Gasteiger partial charge on any atom is -0.325 e. The number of amides is 1. The summed E-state index contributed by atoms with van der Waals surface area (Å²) in [6.07, 6.45) is -2.97. The lowest BCUT2D eigenvalue weighted by atomic mass is 10.2. The maximum atomic E-state index is 12.6. The Labute approximate surface area is 134 Å². The lowest BCUT2D eigenvalue weighted by molar-refractivity contribution is -0.137. The first kappa shape index (κ1) is 16.8. The van der Waals surface area contributed by atoms with Crippen LogP contribution in [0.5, 0.6) is 0 Å². The standard InChI is InChI=1S/C15H10F3N3OS/c16-15(17,18)11-4-1-5-12(7-11)21-13(22)9-23-14-10(8-19)3-2-6-20-14/h1-7H,9H2,(H,21,22). The van der Waals surface area contributed by atoms with E-state index in [9.17, 15) is 18.0 Å². The molecule has 0 aliphatic rings. The predicted molar refractivity (Wildman–Crippen MR) is 79.7 cm³/mol. The lowest BCUT2D eigenvalue weighted by Gasteiger charge is -2.09. The Morgan fingerprint density at radius 3 is 2.78 bits per heavy atom. The summed E-state index contributed by atoms with van der Waals surface area (Å²) in [5.41, 5.74) is -0.434. The second-order valence-corrected chi connectivity index (χ2v) is 5.35. The normalized spacial score (nSPS) is 10.9. The Balaban J connectivity index is 1.99. The Morgan fingerprint density at radius 1 is 1.30 bits per heavy atom. The zero-order chi connectivity index (χ0) is 16.9. The van der Waals surface area contributed by atoms with Crippen LogP contribution in [0.2, 0.25) is 0 Å². The van der Waals surface area contributed by atoms with Crippen LogP contribution in [-0.2, 0) is 11.0 Å². The molecule has 1 amide bonds. The third kappa shape index (κ3) is 4.72. The number of hydrogen-bond donors (Lipinski definition) is 1. The van der Waals surface area contributed by atoms with Crippen molar-refractivity contribution in [1.29, 1.82) is 5.26 Å². The van der Waals surface area contributed by atoms with Crippen molar-refractivity contribution < 1.29 is 18.0 Å². The number of alkyl halides is 3. The molecule has 0 saturated heterocycles. The highest BCUT2D eigenvalue weighted by atomic mass is 32.2. The van der Waals surface area contributed by atoms with Crippen molar-refractivity contribution in [1.82, 2.24) is 4.98 Å². The fourth-order valence-corrected chi connectivity index (χ4v) is 2.44. The second-order valence-electron chi connectivity index (χ2n) is 4.38. The minimum absolute atomic E-state index is 0.0620. The van der Waals surface area contributed by atoms with Crippen LogP contribution < -0.4 is 5.32 Å². The summed E-state index contributed by atoms with van der Waals surface area (Å²) < 4.78 is 37.8. The van der Waals surface area contributed by atoms with Crippen molar-refractivity contribution in [2.75, 3.05) is 11.1 Å². The first-order valence-corrected chi connectivity index (χ1v) is 7.34. The number of hydrogen-bond acceptors (Lipinski definition) is 4. The third-order valence-corrected chi connectivity index (χ3v) is 3.71. The molecular formula is C15H10F3N3OS. The van der Waals surface area contributed by atoms with E-state index in [0.29, 0.717) is 10.6 Å². The van der Waals surface area contributed by atoms with E-state index in [2.05, 4.69) is 10.3 Å². The molecule has 0 fully saturated rings. The topological polar surface area (TPSA) is 65.8 Å². The Morgan fingerprint density at radius 2 is 2.09 bits per heavy atom. The number of anilines is 1. The maximum absolute atomic E-state index is 12.6. The number of thioether (sulfide) groups is 1. The number of aromatic nitrogens is 1. The summed E-state index contributed by atoms with van der Waals surface area (Å²) in [7, 11) is 0. The molecule has 0 saturated carbocycles. The number of halogens is 3. The summed E-state index contributed by atoms with van der Waals surface area (Å²) in [5.74, 6) is -0.550. The zero-order valence-corrected chi connectivity index (χ0v) is 12.4. The molecule has 23 heavy (non-hydrogen) atoms. The summed E-state index contributed by atoms with van der Waals surface area (Å²) in [5, 5.41) is 11.7. The highest BCUT2D eigenvalue weighted by Gasteiger charge is 2.30. The predicted octanol–water partition coefficient (Wildman–Crippen LogP) is 3.70. The molecule has 8 heteroatoms. The van der Waals surface area contributed by atoms with E-state index in [1.807, 2.05) is 6.07 Å². The van der Waals surface area contributed by atoms with Crippen LogP contribution in [0.1, 0.15) is 11.1 Å². The number of carbonyl (C=O) groups excluding carboxylic acids is 1. The van der Waals surface area contributed by atoms with Gasteiger partial charge in [0.1, 0.15) is 11.1 Å².